The van der Waals surface area contributed by atoms with E-state index in [0.29, 0.717) is 39.4 Å². The van der Waals surface area contributed by atoms with Gasteiger partial charge in [0.2, 0.25) is 0 Å². The number of halogens is 1. The highest BCUT2D eigenvalue weighted by molar-refractivity contribution is 9.10. The van der Waals surface area contributed by atoms with Crippen molar-refractivity contribution in [1.82, 2.24) is 0 Å². The van der Waals surface area contributed by atoms with Crippen molar-refractivity contribution in [2.24, 2.45) is 0 Å². The molecule has 172 valence electrons. The van der Waals surface area contributed by atoms with Gasteiger partial charge in [0.05, 0.1) is 16.5 Å². The summed E-state index contributed by atoms with van der Waals surface area (Å²) in [7, 11) is 1.50. The highest BCUT2D eigenvalue weighted by Crippen LogP contribution is 2.38. The summed E-state index contributed by atoms with van der Waals surface area (Å²) in [6.45, 7) is 1.97. The van der Waals surface area contributed by atoms with Crippen molar-refractivity contribution in [3.63, 3.8) is 0 Å². The van der Waals surface area contributed by atoms with E-state index in [2.05, 4.69) is 21.2 Å². The number of nitro groups is 1. The Balaban J connectivity index is 1.82. The van der Waals surface area contributed by atoms with E-state index in [4.69, 9.17) is 9.47 Å². The molecule has 1 amide bonds. The van der Waals surface area contributed by atoms with Gasteiger partial charge in [-0.1, -0.05) is 30.3 Å². The van der Waals surface area contributed by atoms with Crippen LogP contribution in [0.15, 0.2) is 70.7 Å². The molecule has 0 aliphatic rings. The van der Waals surface area contributed by atoms with Gasteiger partial charge in [-0.15, -0.1) is 0 Å². The average Bonchev–Trinajstić information content (AvgIpc) is 2.83. The van der Waals surface area contributed by atoms with E-state index in [1.807, 2.05) is 36.4 Å². The van der Waals surface area contributed by atoms with Gasteiger partial charge in [-0.25, -0.2) is 0 Å². The molecule has 0 unspecified atom stereocenters. The third-order valence-electron chi connectivity index (χ3n) is 4.82. The number of nitrogens with one attached hydrogen (secondary N) is 1. The normalized spacial score (nSPS) is 10.8. The fraction of sp³-hybridized carbons (Fsp3) is 0.120. The van der Waals surface area contributed by atoms with Gasteiger partial charge in [0, 0.05) is 17.8 Å². The Hall–Kier alpha value is -4.16. The van der Waals surface area contributed by atoms with Crippen LogP contribution in [0.25, 0.3) is 6.08 Å². The summed E-state index contributed by atoms with van der Waals surface area (Å²) in [4.78, 5) is 23.1. The number of nitriles is 1. The number of carbonyl (C=O) groups excluding carboxylic acids is 1. The lowest BCUT2D eigenvalue weighted by Crippen LogP contribution is -2.14. The average molecular weight is 522 g/mol. The van der Waals surface area contributed by atoms with E-state index in [1.165, 1.54) is 31.4 Å². The first-order chi connectivity index (χ1) is 16.3. The molecule has 0 atom stereocenters. The number of anilines is 1. The van der Waals surface area contributed by atoms with E-state index in [9.17, 15) is 20.2 Å². The molecule has 34 heavy (non-hydrogen) atoms. The van der Waals surface area contributed by atoms with Crippen LogP contribution in [-0.4, -0.2) is 17.9 Å². The summed E-state index contributed by atoms with van der Waals surface area (Å²) in [5, 5.41) is 23.1. The first-order valence-corrected chi connectivity index (χ1v) is 10.8. The zero-order valence-corrected chi connectivity index (χ0v) is 20.0. The molecule has 0 aliphatic heterocycles. The van der Waals surface area contributed by atoms with Crippen molar-refractivity contribution in [3.8, 4) is 17.6 Å². The Kier molecular flexibility index (Phi) is 8.01. The molecule has 0 saturated heterocycles. The van der Waals surface area contributed by atoms with Gasteiger partial charge in [0.25, 0.3) is 11.6 Å². The number of aryl methyl sites for hydroxylation is 1. The van der Waals surface area contributed by atoms with Crippen molar-refractivity contribution in [2.45, 2.75) is 13.5 Å². The number of nitro benzene ring substituents is 1. The largest absolute Gasteiger partial charge is 0.493 e. The van der Waals surface area contributed by atoms with Crippen molar-refractivity contribution in [1.29, 1.82) is 5.26 Å². The van der Waals surface area contributed by atoms with Gasteiger partial charge in [-0.2, -0.15) is 5.26 Å². The summed E-state index contributed by atoms with van der Waals surface area (Å²) >= 11 is 3.47. The Morgan fingerprint density at radius 2 is 1.94 bits per heavy atom. The minimum absolute atomic E-state index is 0.0851. The number of methoxy groups -OCH3 is 1. The summed E-state index contributed by atoms with van der Waals surface area (Å²) in [6.07, 6.45) is 1.42. The second-order valence-electron chi connectivity index (χ2n) is 7.19. The van der Waals surface area contributed by atoms with Crippen LogP contribution < -0.4 is 14.8 Å². The Morgan fingerprint density at radius 1 is 1.21 bits per heavy atom. The van der Waals surface area contributed by atoms with Gasteiger partial charge < -0.3 is 14.8 Å². The molecule has 0 radical (unpaired) electrons. The Labute approximate surface area is 204 Å². The molecule has 0 heterocycles. The van der Waals surface area contributed by atoms with Crippen molar-refractivity contribution in [3.05, 3.63) is 97.5 Å². The number of rotatable bonds is 8. The summed E-state index contributed by atoms with van der Waals surface area (Å²) in [5.41, 5.74) is 2.18. The molecule has 9 heteroatoms. The Bertz CT molecular complexity index is 1300. The minimum Gasteiger partial charge on any atom is -0.493 e. The predicted molar refractivity (Wildman–Crippen MR) is 132 cm³/mol. The molecule has 0 saturated carbocycles. The Morgan fingerprint density at radius 3 is 2.56 bits per heavy atom. The predicted octanol–water partition coefficient (Wildman–Crippen LogP) is 5.80. The van der Waals surface area contributed by atoms with Crippen LogP contribution in [0, 0.1) is 28.4 Å². The molecule has 0 spiro atoms. The summed E-state index contributed by atoms with van der Waals surface area (Å²) < 4.78 is 12.0. The molecule has 1 N–H and O–H groups in total. The lowest BCUT2D eigenvalue weighted by molar-refractivity contribution is -0.384. The third-order valence-corrected chi connectivity index (χ3v) is 5.41. The number of nitrogens with zero attached hydrogens (tertiary/aromatic N) is 2. The topological polar surface area (TPSA) is 114 Å². The van der Waals surface area contributed by atoms with Crippen LogP contribution in [-0.2, 0) is 11.4 Å². The first-order valence-electron chi connectivity index (χ1n) is 10.0. The van der Waals surface area contributed by atoms with Gasteiger partial charge >= 0.3 is 0 Å². The van der Waals surface area contributed by atoms with Crippen LogP contribution in [0.4, 0.5) is 11.4 Å². The van der Waals surface area contributed by atoms with E-state index in [0.717, 1.165) is 5.56 Å². The van der Waals surface area contributed by atoms with Gasteiger partial charge in [0.15, 0.2) is 11.5 Å². The lowest BCUT2D eigenvalue weighted by Gasteiger charge is -2.14. The van der Waals surface area contributed by atoms with Crippen molar-refractivity contribution >= 4 is 39.3 Å². The fourth-order valence-electron chi connectivity index (χ4n) is 3.10. The molecule has 0 fully saturated rings. The molecule has 3 aromatic rings. The van der Waals surface area contributed by atoms with Crippen molar-refractivity contribution < 1.29 is 19.2 Å². The molecule has 0 aliphatic carbocycles. The van der Waals surface area contributed by atoms with Gasteiger partial charge in [-0.05, 0) is 63.8 Å². The lowest BCUT2D eigenvalue weighted by atomic mass is 10.1. The van der Waals surface area contributed by atoms with Crippen LogP contribution in [0.1, 0.15) is 16.7 Å². The number of amides is 1. The van der Waals surface area contributed by atoms with E-state index >= 15 is 0 Å². The molecule has 0 aromatic heterocycles. The van der Waals surface area contributed by atoms with E-state index in [-0.39, 0.29) is 11.3 Å². The highest BCUT2D eigenvalue weighted by atomic mass is 79.9. The van der Waals surface area contributed by atoms with Crippen molar-refractivity contribution in [2.75, 3.05) is 12.4 Å². The zero-order chi connectivity index (χ0) is 24.7. The maximum atomic E-state index is 12.7. The number of benzene rings is 3. The minimum atomic E-state index is -0.640. The van der Waals surface area contributed by atoms with Crippen LogP contribution in [0.3, 0.4) is 0 Å². The molecular weight excluding hydrogens is 502 g/mol. The number of ether oxygens (including phenoxy) is 2. The summed E-state index contributed by atoms with van der Waals surface area (Å²) in [6, 6.07) is 19.0. The zero-order valence-electron chi connectivity index (χ0n) is 18.4. The quantitative estimate of drug-likeness (QED) is 0.173. The van der Waals surface area contributed by atoms with Gasteiger partial charge in [-0.3, -0.25) is 14.9 Å². The number of hydrogen-bond acceptors (Lipinski definition) is 6. The standard InChI is InChI=1S/C25H20BrN3O5/c1-16-10-20(29(31)32)8-9-22(16)28-25(30)19(14-27)11-18-12-21(26)24(23(13-18)33-2)34-15-17-6-4-3-5-7-17/h3-13H,15H2,1-2H3,(H,28,30)/b19-11+. The SMILES string of the molecule is COc1cc(/C=C(\C#N)C(=O)Nc2ccc([N+](=O)[O-])cc2C)cc(Br)c1OCc1ccccc1. The fourth-order valence-corrected chi connectivity index (χ4v) is 3.67. The third kappa shape index (κ3) is 5.99. The molecular formula is C25H20BrN3O5. The summed E-state index contributed by atoms with van der Waals surface area (Å²) in [5.74, 6) is 0.285. The number of carbonyl (C=O) groups is 1. The molecule has 8 nitrogen and oxygen atoms in total. The van der Waals surface area contributed by atoms with Gasteiger partial charge in [0.1, 0.15) is 18.2 Å². The second kappa shape index (κ2) is 11.1. The first kappa shape index (κ1) is 24.5. The van der Waals surface area contributed by atoms with Crippen LogP contribution in [0.2, 0.25) is 0 Å². The second-order valence-corrected chi connectivity index (χ2v) is 8.04. The molecule has 3 rings (SSSR count). The molecule has 3 aromatic carbocycles. The number of non-ortho nitro benzene ring substituents is 1. The van der Waals surface area contributed by atoms with E-state index < -0.39 is 10.8 Å². The van der Waals surface area contributed by atoms with E-state index in [1.54, 1.807) is 19.1 Å². The molecule has 0 bridgehead atoms. The van der Waals surface area contributed by atoms with Crippen LogP contribution in [0.5, 0.6) is 11.5 Å². The smallest absolute Gasteiger partial charge is 0.269 e. The monoisotopic (exact) mass is 521 g/mol. The maximum Gasteiger partial charge on any atom is 0.269 e. The highest BCUT2D eigenvalue weighted by Gasteiger charge is 2.16. The maximum absolute atomic E-state index is 12.7. The van der Waals surface area contributed by atoms with Crippen LogP contribution >= 0.6 is 15.9 Å². The number of hydrogen-bond donors (Lipinski definition) is 1.